The van der Waals surface area contributed by atoms with Crippen molar-refractivity contribution >= 4 is 87.4 Å². The molecule has 6 heteroatoms. The Bertz CT molecular complexity index is 15.5. The predicted octanol–water partition coefficient (Wildman–Crippen LogP) is -4.21. The quantitative estimate of drug-likeness (QED) is 0.289. The molecule has 0 aromatic rings. The van der Waals surface area contributed by atoms with Gasteiger partial charge >= 0.3 is 82.7 Å². The van der Waals surface area contributed by atoms with E-state index >= 15 is 0 Å². The molecule has 0 saturated carbocycles. The molecule has 0 spiro atoms. The SMILES string of the molecule is [AlH3].[BiH3].[MgH2].[Mn][SbH2].[Zn]. The van der Waals surface area contributed by atoms with Gasteiger partial charge in [-0.2, -0.15) is 0 Å². The van der Waals surface area contributed by atoms with E-state index < -0.39 is 0 Å². The molecular weight excluding hydrogens is 502 g/mol. The first-order valence-electron chi connectivity index (χ1n) is 0.218. The molecule has 0 fully saturated rings. The fraction of sp³-hybridized carbons (Fsp3) is 0. The molecule has 0 aliphatic carbocycles. The molecule has 0 amide bonds. The van der Waals surface area contributed by atoms with Crippen molar-refractivity contribution in [2.24, 2.45) is 0 Å². The molecule has 0 aliphatic rings. The van der Waals surface area contributed by atoms with Crippen LogP contribution >= 0.6 is 0 Å². The minimum absolute atomic E-state index is 0. The van der Waals surface area contributed by atoms with Gasteiger partial charge in [-0.15, -0.1) is 0 Å². The van der Waals surface area contributed by atoms with Crippen molar-refractivity contribution in [1.82, 2.24) is 0 Å². The normalized spacial score (nSPS) is 1.00. The van der Waals surface area contributed by atoms with Gasteiger partial charge in [0.2, 0.25) is 0 Å². The third-order valence-corrected chi connectivity index (χ3v) is 0. The molecule has 6 heavy (non-hydrogen) atoms. The van der Waals surface area contributed by atoms with Gasteiger partial charge in [0.15, 0.2) is 17.4 Å². The maximum Gasteiger partial charge on any atom is 0 e. The Morgan fingerprint density at radius 2 is 1.17 bits per heavy atom. The van der Waals surface area contributed by atoms with Gasteiger partial charge in [-0.05, 0) is 0 Å². The summed E-state index contributed by atoms with van der Waals surface area (Å²) in [5.41, 5.74) is 0. The third-order valence-electron chi connectivity index (χ3n) is 0. The van der Waals surface area contributed by atoms with E-state index in [0.29, 0.717) is 0 Å². The van der Waals surface area contributed by atoms with Gasteiger partial charge in [-0.1, -0.05) is 0 Å². The Balaban J connectivity index is -0.000000000833. The van der Waals surface area contributed by atoms with E-state index in [0.717, 1.165) is 20.7 Å². The topological polar surface area (TPSA) is 0 Å². The molecule has 0 aromatic carbocycles. The molecule has 0 heterocycles. The number of hydrogen-bond acceptors (Lipinski definition) is 0. The van der Waals surface area contributed by atoms with Crippen LogP contribution in [0.2, 0.25) is 0 Å². The van der Waals surface area contributed by atoms with Gasteiger partial charge in [-0.25, -0.2) is 0 Å². The van der Waals surface area contributed by atoms with Gasteiger partial charge in [0.1, 0.15) is 0 Å². The third kappa shape index (κ3) is 24.2. The Morgan fingerprint density at radius 3 is 1.17 bits per heavy atom. The minimum Gasteiger partial charge on any atom is 0 e. The second-order valence-electron chi connectivity index (χ2n) is 0. The molecule has 0 rings (SSSR count). The fourth-order valence-corrected chi connectivity index (χ4v) is 0. The largest absolute Gasteiger partial charge is 0 e. The first-order chi connectivity index (χ1) is 1.00. The number of hydrogen-bond donors (Lipinski definition) is 0. The Hall–Kier alpha value is 4.14. The summed E-state index contributed by atoms with van der Waals surface area (Å²) in [6.07, 6.45) is 0. The van der Waals surface area contributed by atoms with E-state index in [-0.39, 0.29) is 86.1 Å². The average Bonchev–Trinajstić information content (AvgIpc) is 1.00. The summed E-state index contributed by atoms with van der Waals surface area (Å²) >= 11 is 4.23. The molecule has 0 bridgehead atoms. The van der Waals surface area contributed by atoms with Crippen molar-refractivity contribution in [3.8, 4) is 0 Å². The second-order valence-corrected chi connectivity index (χ2v) is 0. The first kappa shape index (κ1) is 32.1. The van der Waals surface area contributed by atoms with Crippen molar-refractivity contribution in [2.75, 3.05) is 0 Å². The van der Waals surface area contributed by atoms with Crippen LogP contribution < -0.4 is 0 Å². The van der Waals surface area contributed by atoms with E-state index in [2.05, 4.69) is 12.7 Å². The van der Waals surface area contributed by atoms with Crippen LogP contribution in [0.5, 0.6) is 0 Å². The number of rotatable bonds is 0. The average molecular weight is 512 g/mol. The molecule has 0 aliphatic heterocycles. The molecular formula is H10AlBiMgMnSbZn. The van der Waals surface area contributed by atoms with Gasteiger partial charge in [0.05, 0.1) is 0 Å². The van der Waals surface area contributed by atoms with Crippen LogP contribution in [0.25, 0.3) is 0 Å². The van der Waals surface area contributed by atoms with Crippen LogP contribution in [0, 0.1) is 0 Å². The monoisotopic (exact) mass is 510 g/mol. The first-order valence-corrected chi connectivity index (χ1v) is 6.04. The van der Waals surface area contributed by atoms with Crippen LogP contribution in [-0.2, 0) is 32.1 Å². The standard InChI is InChI=1S/Al.Bi.Mg.Mn.Sb.Zn.10H. The van der Waals surface area contributed by atoms with Gasteiger partial charge in [0.25, 0.3) is 0 Å². The van der Waals surface area contributed by atoms with Gasteiger partial charge in [0, 0.05) is 19.5 Å². The van der Waals surface area contributed by atoms with E-state index in [1.807, 2.05) is 0 Å². The van der Waals surface area contributed by atoms with Crippen LogP contribution in [0.15, 0.2) is 0 Å². The van der Waals surface area contributed by atoms with Gasteiger partial charge in [-0.3, -0.25) is 0 Å². The Morgan fingerprint density at radius 1 is 1.17 bits per heavy atom. The van der Waals surface area contributed by atoms with E-state index in [4.69, 9.17) is 0 Å². The summed E-state index contributed by atoms with van der Waals surface area (Å²) in [4.78, 5) is 0. The van der Waals surface area contributed by atoms with Gasteiger partial charge < -0.3 is 0 Å². The summed E-state index contributed by atoms with van der Waals surface area (Å²) in [5, 5.41) is 0. The second kappa shape index (κ2) is 35.3. The van der Waals surface area contributed by atoms with Crippen molar-refractivity contribution in [1.29, 1.82) is 0 Å². The Kier molecular flexibility index (Phi) is 189. The van der Waals surface area contributed by atoms with Crippen LogP contribution in [0.3, 0.4) is 0 Å². The maximum absolute atomic E-state index is 3.07. The van der Waals surface area contributed by atoms with E-state index in [1.54, 1.807) is 0 Å². The molecule has 0 aromatic heterocycles. The van der Waals surface area contributed by atoms with Crippen LogP contribution in [0.4, 0.5) is 0 Å². The Labute approximate surface area is 117 Å². The summed E-state index contributed by atoms with van der Waals surface area (Å²) in [6.45, 7) is 0. The fourth-order valence-electron chi connectivity index (χ4n) is 0. The summed E-state index contributed by atoms with van der Waals surface area (Å²) in [5.74, 6) is 0. The molecule has 0 saturated heterocycles. The predicted molar refractivity (Wildman–Crippen MR) is 37.0 cm³/mol. The van der Waals surface area contributed by atoms with E-state index in [9.17, 15) is 0 Å². The minimum atomic E-state index is 0. The molecule has 0 N–H and O–H groups in total. The molecule has 0 nitrogen and oxygen atoms in total. The summed E-state index contributed by atoms with van der Waals surface area (Å²) in [7, 11) is 0. The van der Waals surface area contributed by atoms with E-state index in [1.165, 1.54) is 0 Å². The van der Waals surface area contributed by atoms with Crippen molar-refractivity contribution < 1.29 is 32.1 Å². The van der Waals surface area contributed by atoms with Crippen molar-refractivity contribution in [2.45, 2.75) is 0 Å². The zero-order valence-corrected chi connectivity index (χ0v) is 15.3. The molecule has 0 unspecified atom stereocenters. The summed E-state index contributed by atoms with van der Waals surface area (Å²) < 4.78 is 0. The van der Waals surface area contributed by atoms with Crippen LogP contribution in [0.1, 0.15) is 0 Å². The molecule has 34 valence electrons. The maximum atomic E-state index is 3.07. The molecule has 0 radical (unpaired) electrons. The zero-order chi connectivity index (χ0) is 2.00. The van der Waals surface area contributed by atoms with Crippen LogP contribution in [-0.4, -0.2) is 87.4 Å². The van der Waals surface area contributed by atoms with Crippen molar-refractivity contribution in [3.63, 3.8) is 0 Å². The molecule has 0 atom stereocenters. The van der Waals surface area contributed by atoms with Crippen molar-refractivity contribution in [3.05, 3.63) is 0 Å². The zero-order valence-electron chi connectivity index (χ0n) is 2.37. The smallest absolute Gasteiger partial charge is 0 e. The summed E-state index contributed by atoms with van der Waals surface area (Å²) in [6, 6.07) is 0.